The second kappa shape index (κ2) is 8.75. The van der Waals surface area contributed by atoms with Crippen molar-refractivity contribution < 1.29 is 0 Å². The van der Waals surface area contributed by atoms with Crippen LogP contribution in [0.15, 0.2) is 35.7 Å². The Bertz CT molecular complexity index is 332. The van der Waals surface area contributed by atoms with Gasteiger partial charge in [-0.05, 0) is 38.5 Å². The quantitative estimate of drug-likeness (QED) is 0.349. The number of rotatable bonds is 8. The maximum atomic E-state index is 3.96. The van der Waals surface area contributed by atoms with Gasteiger partial charge in [-0.15, -0.1) is 0 Å². The summed E-state index contributed by atoms with van der Waals surface area (Å²) in [5.74, 6) is 1.46. The van der Waals surface area contributed by atoms with E-state index in [0.717, 1.165) is 20.9 Å². The second-order valence-corrected chi connectivity index (χ2v) is 9.19. The molecule has 0 bridgehead atoms. The molecule has 2 unspecified atom stereocenters. The first-order valence-corrected chi connectivity index (χ1v) is 8.41. The van der Waals surface area contributed by atoms with Gasteiger partial charge in [0.15, 0.2) is 0 Å². The van der Waals surface area contributed by atoms with Crippen molar-refractivity contribution in [1.82, 2.24) is 0 Å². The molecule has 0 spiro atoms. The van der Waals surface area contributed by atoms with Gasteiger partial charge in [0.1, 0.15) is 0 Å². The first-order chi connectivity index (χ1) is 8.62. The van der Waals surface area contributed by atoms with Crippen LogP contribution in [0.5, 0.6) is 0 Å². The van der Waals surface area contributed by atoms with Crippen molar-refractivity contribution in [2.45, 2.75) is 66.5 Å². The Kier molecular flexibility index (Phi) is 8.59. The van der Waals surface area contributed by atoms with Crippen LogP contribution in [0, 0.1) is 11.8 Å². The van der Waals surface area contributed by atoms with Crippen LogP contribution in [0.2, 0.25) is 0 Å². The van der Waals surface area contributed by atoms with Gasteiger partial charge in [-0.1, -0.05) is 78.9 Å². The Morgan fingerprint density at radius 2 is 1.79 bits per heavy atom. The summed E-state index contributed by atoms with van der Waals surface area (Å²) in [6, 6.07) is 0. The number of allylic oxidation sites excluding steroid dienone is 5. The summed E-state index contributed by atoms with van der Waals surface area (Å²) < 4.78 is 0. The standard InChI is InChI=1S/C18H33P/c1-14(2)9-10-17(6)19-18(7,8)12-11-16(5)13-15(3)4/h10-12,15-16,19H,1,9,13H2,2-8H3/b12-11-,17-10-. The Labute approximate surface area is 123 Å². The lowest BCUT2D eigenvalue weighted by atomic mass is 9.97. The lowest BCUT2D eigenvalue weighted by molar-refractivity contribution is 0.501. The van der Waals surface area contributed by atoms with Gasteiger partial charge in [0.05, 0.1) is 0 Å². The average Bonchev–Trinajstić information content (AvgIpc) is 2.22. The highest BCUT2D eigenvalue weighted by Crippen LogP contribution is 2.40. The van der Waals surface area contributed by atoms with E-state index in [4.69, 9.17) is 0 Å². The van der Waals surface area contributed by atoms with E-state index in [1.807, 2.05) is 0 Å². The van der Waals surface area contributed by atoms with Crippen LogP contribution < -0.4 is 0 Å². The molecule has 19 heavy (non-hydrogen) atoms. The zero-order chi connectivity index (χ0) is 15.1. The van der Waals surface area contributed by atoms with Crippen molar-refractivity contribution in [1.29, 1.82) is 0 Å². The molecule has 0 nitrogen and oxygen atoms in total. The second-order valence-electron chi connectivity index (χ2n) is 6.86. The van der Waals surface area contributed by atoms with Crippen molar-refractivity contribution in [2.75, 3.05) is 0 Å². The molecule has 0 aliphatic rings. The monoisotopic (exact) mass is 280 g/mol. The molecule has 0 aromatic carbocycles. The zero-order valence-corrected chi connectivity index (χ0v) is 15.0. The maximum Gasteiger partial charge on any atom is 0.00369 e. The van der Waals surface area contributed by atoms with Crippen LogP contribution >= 0.6 is 8.58 Å². The molecule has 0 aliphatic heterocycles. The molecule has 0 aromatic rings. The molecule has 0 N–H and O–H groups in total. The van der Waals surface area contributed by atoms with E-state index < -0.39 is 0 Å². The van der Waals surface area contributed by atoms with Crippen LogP contribution in [-0.2, 0) is 0 Å². The third-order valence-corrected chi connectivity index (χ3v) is 4.37. The smallest absolute Gasteiger partial charge is 0.00369 e. The van der Waals surface area contributed by atoms with Gasteiger partial charge in [0, 0.05) is 5.16 Å². The van der Waals surface area contributed by atoms with E-state index in [1.165, 1.54) is 17.3 Å². The van der Waals surface area contributed by atoms with Gasteiger partial charge in [0.2, 0.25) is 0 Å². The highest BCUT2D eigenvalue weighted by Gasteiger charge is 2.14. The summed E-state index contributed by atoms with van der Waals surface area (Å²) in [5.41, 5.74) is 1.24. The molecule has 110 valence electrons. The van der Waals surface area contributed by atoms with E-state index in [2.05, 4.69) is 73.3 Å². The molecule has 0 amide bonds. The van der Waals surface area contributed by atoms with E-state index >= 15 is 0 Å². The Morgan fingerprint density at radius 1 is 1.21 bits per heavy atom. The van der Waals surface area contributed by atoms with Crippen molar-refractivity contribution in [3.63, 3.8) is 0 Å². The van der Waals surface area contributed by atoms with E-state index in [1.54, 1.807) is 0 Å². The molecule has 2 atom stereocenters. The minimum absolute atomic E-state index is 0.279. The highest BCUT2D eigenvalue weighted by molar-refractivity contribution is 7.45. The fourth-order valence-corrected chi connectivity index (χ4v) is 3.56. The van der Waals surface area contributed by atoms with Crippen LogP contribution in [0.4, 0.5) is 0 Å². The van der Waals surface area contributed by atoms with Gasteiger partial charge in [0.25, 0.3) is 0 Å². The maximum absolute atomic E-state index is 3.96. The molecule has 0 saturated heterocycles. The minimum Gasteiger partial charge on any atom is -0.0998 e. The Balaban J connectivity index is 4.41. The highest BCUT2D eigenvalue weighted by atomic mass is 31.1. The molecule has 1 heteroatoms. The lowest BCUT2D eigenvalue weighted by Gasteiger charge is -2.22. The topological polar surface area (TPSA) is 0 Å². The largest absolute Gasteiger partial charge is 0.0998 e. The molecular weight excluding hydrogens is 247 g/mol. The predicted octanol–water partition coefficient (Wildman–Crippen LogP) is 6.55. The molecule has 0 aliphatic carbocycles. The molecule has 0 radical (unpaired) electrons. The molecule has 0 saturated carbocycles. The summed E-state index contributed by atoms with van der Waals surface area (Å²) >= 11 is 0. The predicted molar refractivity (Wildman–Crippen MR) is 93.3 cm³/mol. The summed E-state index contributed by atoms with van der Waals surface area (Å²) in [7, 11) is 0.861. The van der Waals surface area contributed by atoms with Crippen LogP contribution in [0.1, 0.15) is 61.3 Å². The van der Waals surface area contributed by atoms with Crippen molar-refractivity contribution in [3.05, 3.63) is 35.7 Å². The van der Waals surface area contributed by atoms with Gasteiger partial charge in [-0.2, -0.15) is 0 Å². The van der Waals surface area contributed by atoms with Gasteiger partial charge >= 0.3 is 0 Å². The molecule has 0 rings (SSSR count). The molecule has 0 heterocycles. The average molecular weight is 280 g/mol. The van der Waals surface area contributed by atoms with E-state index in [0.29, 0.717) is 5.92 Å². The summed E-state index contributed by atoms with van der Waals surface area (Å²) in [6.45, 7) is 19.9. The van der Waals surface area contributed by atoms with Crippen molar-refractivity contribution >= 4 is 8.58 Å². The first kappa shape index (κ1) is 18.7. The number of hydrogen-bond acceptors (Lipinski definition) is 0. The zero-order valence-electron chi connectivity index (χ0n) is 14.0. The van der Waals surface area contributed by atoms with Crippen LogP contribution in [0.25, 0.3) is 0 Å². The third kappa shape index (κ3) is 11.2. The Hall–Kier alpha value is -0.350. The summed E-state index contributed by atoms with van der Waals surface area (Å²) in [4.78, 5) is 0. The van der Waals surface area contributed by atoms with E-state index in [9.17, 15) is 0 Å². The first-order valence-electron chi connectivity index (χ1n) is 7.41. The van der Waals surface area contributed by atoms with Crippen LogP contribution in [0.3, 0.4) is 0 Å². The fraction of sp³-hybridized carbons (Fsp3) is 0.667. The van der Waals surface area contributed by atoms with Gasteiger partial charge in [-0.3, -0.25) is 0 Å². The summed E-state index contributed by atoms with van der Waals surface area (Å²) in [5, 5.41) is 1.77. The molecule has 0 fully saturated rings. The number of hydrogen-bond donors (Lipinski definition) is 0. The lowest BCUT2D eigenvalue weighted by Crippen LogP contribution is -2.09. The fourth-order valence-electron chi connectivity index (χ4n) is 2.16. The minimum atomic E-state index is 0.279. The van der Waals surface area contributed by atoms with Gasteiger partial charge in [-0.25, -0.2) is 0 Å². The van der Waals surface area contributed by atoms with Gasteiger partial charge < -0.3 is 0 Å². The van der Waals surface area contributed by atoms with Crippen LogP contribution in [-0.4, -0.2) is 5.16 Å². The van der Waals surface area contributed by atoms with Crippen molar-refractivity contribution in [2.24, 2.45) is 11.8 Å². The third-order valence-electron chi connectivity index (χ3n) is 2.96. The van der Waals surface area contributed by atoms with Crippen molar-refractivity contribution in [3.8, 4) is 0 Å². The molecular formula is C18H33P. The normalized spacial score (nSPS) is 15.9. The summed E-state index contributed by atoms with van der Waals surface area (Å²) in [6.07, 6.45) is 9.44. The van der Waals surface area contributed by atoms with E-state index in [-0.39, 0.29) is 5.16 Å². The SMILES string of the molecule is C=C(C)C/C=C(/C)PC(C)(C)/C=C\C(C)CC(C)C. The Morgan fingerprint density at radius 3 is 2.26 bits per heavy atom. The molecule has 0 aromatic heterocycles.